The molecule has 0 bridgehead atoms. The quantitative estimate of drug-likeness (QED) is 0.245. The third-order valence-electron chi connectivity index (χ3n) is 3.20. The minimum absolute atomic E-state index is 0.00927. The van der Waals surface area contributed by atoms with Crippen molar-refractivity contribution in [2.45, 2.75) is 13.0 Å². The molecule has 2 aromatic rings. The van der Waals surface area contributed by atoms with Crippen molar-refractivity contribution < 1.29 is 45.8 Å². The third-order valence-corrected chi connectivity index (χ3v) is 4.45. The van der Waals surface area contributed by atoms with Gasteiger partial charge in [0.25, 0.3) is 0 Å². The predicted octanol–water partition coefficient (Wildman–Crippen LogP) is 3.92. The predicted molar refractivity (Wildman–Crippen MR) is 81.9 cm³/mol. The molecule has 0 saturated heterocycles. The van der Waals surface area contributed by atoms with Crippen LogP contribution in [0.4, 0.5) is 22.0 Å². The molecule has 0 heterocycles. The van der Waals surface area contributed by atoms with E-state index in [1.807, 2.05) is 0 Å². The molecule has 0 radical (unpaired) electrons. The van der Waals surface area contributed by atoms with E-state index in [0.717, 1.165) is 6.92 Å². The van der Waals surface area contributed by atoms with Crippen LogP contribution in [0.5, 0.6) is 11.5 Å². The van der Waals surface area contributed by atoms with Crippen molar-refractivity contribution >= 4 is 14.1 Å². The van der Waals surface area contributed by atoms with Gasteiger partial charge >= 0.3 is 14.1 Å². The van der Waals surface area contributed by atoms with Gasteiger partial charge in [-0.05, 0) is 23.9 Å². The molecule has 0 spiro atoms. The van der Waals surface area contributed by atoms with E-state index in [2.05, 4.69) is 4.84 Å². The van der Waals surface area contributed by atoms with E-state index in [1.54, 1.807) is 6.07 Å². The first-order valence-corrected chi connectivity index (χ1v) is 8.39. The Labute approximate surface area is 149 Å². The Morgan fingerprint density at radius 3 is 1.96 bits per heavy atom. The zero-order chi connectivity index (χ0) is 20.3. The molecule has 6 nitrogen and oxygen atoms in total. The molecule has 2 aromatic carbocycles. The van der Waals surface area contributed by atoms with Gasteiger partial charge in [-0.1, -0.05) is 18.2 Å². The Morgan fingerprint density at radius 1 is 1.00 bits per heavy atom. The first-order chi connectivity index (χ1) is 12.6. The highest BCUT2D eigenvalue weighted by atomic mass is 31.1. The van der Waals surface area contributed by atoms with E-state index in [0.29, 0.717) is 0 Å². The molecule has 0 aliphatic heterocycles. The number of rotatable bonds is 7. The molecule has 2 atom stereocenters. The molecular weight excluding hydrogens is 400 g/mol. The van der Waals surface area contributed by atoms with E-state index in [9.17, 15) is 31.3 Å². The number of aliphatic carboxylic acids is 1. The molecule has 0 aromatic heterocycles. The minimum atomic E-state index is -3.68. The monoisotopic (exact) mass is 411 g/mol. The fourth-order valence-electron chi connectivity index (χ4n) is 1.77. The van der Waals surface area contributed by atoms with Crippen LogP contribution in [0.3, 0.4) is 0 Å². The van der Waals surface area contributed by atoms with E-state index >= 15 is 0 Å². The zero-order valence-electron chi connectivity index (χ0n) is 13.4. The van der Waals surface area contributed by atoms with Crippen molar-refractivity contribution in [2.24, 2.45) is 0 Å². The van der Waals surface area contributed by atoms with Crippen LogP contribution in [0.25, 0.3) is 0 Å². The number of carboxylic acid groups (broad SMARTS) is 1. The number of carbonyl (C=O) groups is 1. The topological polar surface area (TPSA) is 76.1 Å². The maximum absolute atomic E-state index is 13.8. The number of hydroxylamine groups is 1. The molecular formula is C15H11F5NO5P. The van der Waals surface area contributed by atoms with Crippen LogP contribution in [0.15, 0.2) is 30.3 Å². The van der Waals surface area contributed by atoms with E-state index in [1.165, 1.54) is 24.3 Å². The van der Waals surface area contributed by atoms with Gasteiger partial charge in [-0.25, -0.2) is 13.2 Å². The Bertz CT molecular complexity index is 854. The molecule has 2 rings (SSSR count). The van der Waals surface area contributed by atoms with E-state index in [-0.39, 0.29) is 10.6 Å². The molecule has 0 amide bonds. The summed E-state index contributed by atoms with van der Waals surface area (Å²) in [4.78, 5) is 15.7. The van der Waals surface area contributed by atoms with Crippen molar-refractivity contribution in [3.8, 4) is 11.5 Å². The lowest BCUT2D eigenvalue weighted by Gasteiger charge is -2.25. The van der Waals surface area contributed by atoms with Crippen LogP contribution >= 0.6 is 8.18 Å². The lowest BCUT2D eigenvalue weighted by Crippen LogP contribution is -2.37. The highest BCUT2D eigenvalue weighted by Gasteiger charge is 2.34. The largest absolute Gasteiger partial charge is 0.480 e. The third kappa shape index (κ3) is 4.37. The molecule has 0 aliphatic carbocycles. The maximum atomic E-state index is 13.8. The van der Waals surface area contributed by atoms with Crippen LogP contribution in [0.2, 0.25) is 0 Å². The van der Waals surface area contributed by atoms with Gasteiger partial charge < -0.3 is 14.5 Å². The second-order valence-electron chi connectivity index (χ2n) is 5.01. The Hall–Kier alpha value is -2.65. The SMILES string of the molecule is CC(C(=O)O)N(Oc1c(F)c(F)c(F)c(F)c1F)[PH](=O)Oc1ccccc1. The summed E-state index contributed by atoms with van der Waals surface area (Å²) in [6.07, 6.45) is 0. The molecule has 1 N–H and O–H groups in total. The highest BCUT2D eigenvalue weighted by molar-refractivity contribution is 7.36. The normalized spacial score (nSPS) is 13.3. The number of benzene rings is 2. The molecule has 0 aliphatic rings. The Morgan fingerprint density at radius 2 is 1.48 bits per heavy atom. The second kappa shape index (κ2) is 8.36. The molecule has 0 fully saturated rings. The van der Waals surface area contributed by atoms with Crippen LogP contribution in [0, 0.1) is 29.1 Å². The smallest absolute Gasteiger partial charge is 0.340 e. The average molecular weight is 411 g/mol. The minimum Gasteiger partial charge on any atom is -0.480 e. The fourth-order valence-corrected chi connectivity index (χ4v) is 2.79. The molecule has 0 saturated carbocycles. The summed E-state index contributed by atoms with van der Waals surface area (Å²) in [5, 5.41) is 9.04. The summed E-state index contributed by atoms with van der Waals surface area (Å²) in [6.45, 7) is 0.908. The van der Waals surface area contributed by atoms with Gasteiger partial charge in [0.05, 0.1) is 0 Å². The number of para-hydroxylation sites is 1. The molecule has 12 heteroatoms. The Kier molecular flexibility index (Phi) is 6.40. The number of hydrogen-bond acceptors (Lipinski definition) is 4. The first-order valence-electron chi connectivity index (χ1n) is 7.13. The number of hydrogen-bond donors (Lipinski definition) is 1. The van der Waals surface area contributed by atoms with Gasteiger partial charge in [-0.3, -0.25) is 9.36 Å². The lowest BCUT2D eigenvalue weighted by molar-refractivity contribution is -0.148. The number of halogens is 5. The zero-order valence-corrected chi connectivity index (χ0v) is 14.4. The molecule has 146 valence electrons. The molecule has 2 unspecified atom stereocenters. The van der Waals surface area contributed by atoms with E-state index < -0.39 is 55.0 Å². The van der Waals surface area contributed by atoms with Gasteiger partial charge in [0.15, 0.2) is 6.04 Å². The number of nitrogens with zero attached hydrogens (tertiary/aromatic N) is 1. The van der Waals surface area contributed by atoms with Gasteiger partial charge in [0.2, 0.25) is 34.8 Å². The summed E-state index contributed by atoms with van der Waals surface area (Å²) in [5.41, 5.74) is 0. The highest BCUT2D eigenvalue weighted by Crippen LogP contribution is 2.37. The van der Waals surface area contributed by atoms with Crippen molar-refractivity contribution in [3.05, 3.63) is 59.4 Å². The summed E-state index contributed by atoms with van der Waals surface area (Å²) >= 11 is 0. The van der Waals surface area contributed by atoms with Crippen LogP contribution in [-0.2, 0) is 9.36 Å². The fraction of sp³-hybridized carbons (Fsp3) is 0.133. The van der Waals surface area contributed by atoms with Crippen LogP contribution in [0.1, 0.15) is 6.92 Å². The standard InChI is InChI=1S/C15H11F5NO5P/c1-7(15(22)23)21(27(24)26-8-5-3-2-4-6-8)25-14-12(19)10(17)9(16)11(18)13(14)20/h2-7,27H,1H3,(H,22,23). The second-order valence-corrected chi connectivity index (χ2v) is 6.19. The Balaban J connectivity index is 2.42. The van der Waals surface area contributed by atoms with Crippen molar-refractivity contribution in [1.29, 1.82) is 0 Å². The van der Waals surface area contributed by atoms with Crippen LogP contribution < -0.4 is 9.36 Å². The summed E-state index contributed by atoms with van der Waals surface area (Å²) in [7, 11) is -3.68. The maximum Gasteiger partial charge on any atom is 0.340 e. The molecule has 27 heavy (non-hydrogen) atoms. The first kappa shape index (κ1) is 20.7. The van der Waals surface area contributed by atoms with Crippen molar-refractivity contribution in [1.82, 2.24) is 4.83 Å². The average Bonchev–Trinajstić information content (AvgIpc) is 2.65. The van der Waals surface area contributed by atoms with Crippen molar-refractivity contribution in [2.75, 3.05) is 0 Å². The van der Waals surface area contributed by atoms with Crippen molar-refractivity contribution in [3.63, 3.8) is 0 Å². The number of carboxylic acids is 1. The lowest BCUT2D eigenvalue weighted by atomic mass is 10.3. The van der Waals surface area contributed by atoms with Gasteiger partial charge in [-0.2, -0.15) is 8.78 Å². The summed E-state index contributed by atoms with van der Waals surface area (Å²) < 4.78 is 84.5. The van der Waals surface area contributed by atoms with Gasteiger partial charge in [0, 0.05) is 0 Å². The van der Waals surface area contributed by atoms with E-state index in [4.69, 9.17) is 9.63 Å². The van der Waals surface area contributed by atoms with Gasteiger partial charge in [0.1, 0.15) is 5.75 Å². The summed E-state index contributed by atoms with van der Waals surface area (Å²) in [5.74, 6) is -15.2. The summed E-state index contributed by atoms with van der Waals surface area (Å²) in [6, 6.07) is 5.42. The van der Waals surface area contributed by atoms with Crippen LogP contribution in [-0.4, -0.2) is 22.0 Å². The van der Waals surface area contributed by atoms with Gasteiger partial charge in [-0.15, -0.1) is 0 Å².